The molecule has 0 aliphatic carbocycles. The van der Waals surface area contributed by atoms with Crippen molar-refractivity contribution >= 4 is 5.97 Å². The van der Waals surface area contributed by atoms with Crippen LogP contribution in [0, 0.1) is 5.82 Å². The van der Waals surface area contributed by atoms with Gasteiger partial charge in [0, 0.05) is 0 Å². The van der Waals surface area contributed by atoms with E-state index in [1.165, 1.54) is 18.2 Å². The zero-order chi connectivity index (χ0) is 15.2. The first-order chi connectivity index (χ1) is 10.1. The van der Waals surface area contributed by atoms with Crippen molar-refractivity contribution in [1.29, 1.82) is 0 Å². The molecule has 0 unspecified atom stereocenters. The molecule has 0 aliphatic heterocycles. The zero-order valence-corrected chi connectivity index (χ0v) is 11.4. The third kappa shape index (κ3) is 3.79. The number of rotatable bonds is 6. The normalized spacial score (nSPS) is 10.4. The maximum Gasteiger partial charge on any atom is 0.335 e. The van der Waals surface area contributed by atoms with Crippen molar-refractivity contribution in [3.8, 4) is 5.75 Å². The second kappa shape index (κ2) is 6.85. The summed E-state index contributed by atoms with van der Waals surface area (Å²) in [7, 11) is 0. The Hall–Kier alpha value is -2.40. The first kappa shape index (κ1) is 15.0. The number of carboxylic acids is 1. The minimum Gasteiger partial charge on any atom is -0.486 e. The van der Waals surface area contributed by atoms with Crippen molar-refractivity contribution < 1.29 is 19.0 Å². The smallest absolute Gasteiger partial charge is 0.335 e. The molecule has 110 valence electrons. The maximum absolute atomic E-state index is 13.8. The summed E-state index contributed by atoms with van der Waals surface area (Å²) in [4.78, 5) is 10.8. The summed E-state index contributed by atoms with van der Waals surface area (Å²) < 4.78 is 19.3. The molecule has 2 aromatic rings. The van der Waals surface area contributed by atoms with Gasteiger partial charge in [-0.1, -0.05) is 24.3 Å². The molecular formula is C16H16FNO3. The van der Waals surface area contributed by atoms with Gasteiger partial charge in [0.1, 0.15) is 6.61 Å². The third-order valence-electron chi connectivity index (χ3n) is 3.05. The number of halogens is 1. The lowest BCUT2D eigenvalue weighted by Gasteiger charge is -2.12. The lowest BCUT2D eigenvalue weighted by atomic mass is 10.1. The molecular weight excluding hydrogens is 273 g/mol. The van der Waals surface area contributed by atoms with Crippen LogP contribution in [0.15, 0.2) is 42.5 Å². The van der Waals surface area contributed by atoms with Gasteiger partial charge in [-0.3, -0.25) is 0 Å². The molecule has 0 spiro atoms. The van der Waals surface area contributed by atoms with Gasteiger partial charge in [-0.25, -0.2) is 9.18 Å². The van der Waals surface area contributed by atoms with E-state index in [4.69, 9.17) is 15.6 Å². The summed E-state index contributed by atoms with van der Waals surface area (Å²) in [6.45, 7) is 0.575. The van der Waals surface area contributed by atoms with Crippen LogP contribution in [0.1, 0.15) is 21.5 Å². The molecule has 0 aromatic heterocycles. The van der Waals surface area contributed by atoms with Crippen LogP contribution in [0.4, 0.5) is 4.39 Å². The summed E-state index contributed by atoms with van der Waals surface area (Å²) in [5, 5.41) is 8.82. The van der Waals surface area contributed by atoms with Crippen LogP contribution < -0.4 is 10.5 Å². The number of para-hydroxylation sites is 1. The predicted octanol–water partition coefficient (Wildman–Crippen LogP) is 2.60. The van der Waals surface area contributed by atoms with E-state index >= 15 is 0 Å². The van der Waals surface area contributed by atoms with Gasteiger partial charge < -0.3 is 15.6 Å². The Morgan fingerprint density at radius 1 is 1.19 bits per heavy atom. The van der Waals surface area contributed by atoms with Crippen molar-refractivity contribution in [2.45, 2.75) is 13.0 Å². The fourth-order valence-corrected chi connectivity index (χ4v) is 1.97. The van der Waals surface area contributed by atoms with Gasteiger partial charge in [0.25, 0.3) is 0 Å². The standard InChI is InChI=1S/C16H16FNO3/c17-14-3-1-2-12(8-9-18)15(14)21-10-11-4-6-13(7-5-11)16(19)20/h1-7H,8-10,18H2,(H,19,20). The molecule has 0 fully saturated rings. The van der Waals surface area contributed by atoms with E-state index in [1.54, 1.807) is 24.3 Å². The Morgan fingerprint density at radius 2 is 1.90 bits per heavy atom. The first-order valence-electron chi connectivity index (χ1n) is 6.54. The van der Waals surface area contributed by atoms with E-state index in [0.29, 0.717) is 13.0 Å². The molecule has 5 heteroatoms. The van der Waals surface area contributed by atoms with E-state index in [0.717, 1.165) is 11.1 Å². The van der Waals surface area contributed by atoms with Gasteiger partial charge in [-0.15, -0.1) is 0 Å². The molecule has 0 saturated carbocycles. The number of ether oxygens (including phenoxy) is 1. The molecule has 0 atom stereocenters. The molecule has 2 aromatic carbocycles. The van der Waals surface area contributed by atoms with Crippen molar-refractivity contribution in [3.63, 3.8) is 0 Å². The number of hydrogen-bond donors (Lipinski definition) is 2. The summed E-state index contributed by atoms with van der Waals surface area (Å²) in [5.74, 6) is -1.21. The summed E-state index contributed by atoms with van der Waals surface area (Å²) in [6, 6.07) is 11.0. The van der Waals surface area contributed by atoms with Gasteiger partial charge in [0.2, 0.25) is 0 Å². The summed E-state index contributed by atoms with van der Waals surface area (Å²) in [5.41, 5.74) is 7.19. The highest BCUT2D eigenvalue weighted by Crippen LogP contribution is 2.24. The first-order valence-corrected chi connectivity index (χ1v) is 6.54. The van der Waals surface area contributed by atoms with Crippen molar-refractivity contribution in [3.05, 3.63) is 65.0 Å². The molecule has 2 rings (SSSR count). The number of carbonyl (C=O) groups is 1. The zero-order valence-electron chi connectivity index (χ0n) is 11.4. The lowest BCUT2D eigenvalue weighted by Crippen LogP contribution is -2.07. The molecule has 0 amide bonds. The van der Waals surface area contributed by atoms with Crippen molar-refractivity contribution in [2.75, 3.05) is 6.54 Å². The quantitative estimate of drug-likeness (QED) is 0.857. The number of benzene rings is 2. The van der Waals surface area contributed by atoms with Crippen LogP contribution in [-0.4, -0.2) is 17.6 Å². The topological polar surface area (TPSA) is 72.5 Å². The molecule has 21 heavy (non-hydrogen) atoms. The van der Waals surface area contributed by atoms with Crippen LogP contribution >= 0.6 is 0 Å². The molecule has 0 bridgehead atoms. The Morgan fingerprint density at radius 3 is 2.52 bits per heavy atom. The maximum atomic E-state index is 13.8. The largest absolute Gasteiger partial charge is 0.486 e. The number of aromatic carboxylic acids is 1. The molecule has 0 radical (unpaired) electrons. The second-order valence-electron chi connectivity index (χ2n) is 4.56. The average molecular weight is 289 g/mol. The molecule has 0 heterocycles. The highest BCUT2D eigenvalue weighted by atomic mass is 19.1. The lowest BCUT2D eigenvalue weighted by molar-refractivity contribution is 0.0697. The average Bonchev–Trinajstić information content (AvgIpc) is 2.47. The second-order valence-corrected chi connectivity index (χ2v) is 4.56. The SMILES string of the molecule is NCCc1cccc(F)c1OCc1ccc(C(=O)O)cc1. The van der Waals surface area contributed by atoms with E-state index in [-0.39, 0.29) is 17.9 Å². The minimum atomic E-state index is -0.984. The van der Waals surface area contributed by atoms with Crippen LogP contribution in [-0.2, 0) is 13.0 Å². The van der Waals surface area contributed by atoms with E-state index < -0.39 is 11.8 Å². The molecule has 0 aliphatic rings. The molecule has 0 saturated heterocycles. The van der Waals surface area contributed by atoms with Gasteiger partial charge >= 0.3 is 5.97 Å². The highest BCUT2D eigenvalue weighted by molar-refractivity contribution is 5.87. The van der Waals surface area contributed by atoms with Gasteiger partial charge in [0.15, 0.2) is 11.6 Å². The predicted molar refractivity (Wildman–Crippen MR) is 76.9 cm³/mol. The highest BCUT2D eigenvalue weighted by Gasteiger charge is 2.10. The van der Waals surface area contributed by atoms with E-state index in [2.05, 4.69) is 0 Å². The Kier molecular flexibility index (Phi) is 4.90. The Bertz CT molecular complexity index is 626. The van der Waals surface area contributed by atoms with Gasteiger partial charge in [0.05, 0.1) is 5.56 Å². The summed E-state index contributed by atoms with van der Waals surface area (Å²) in [6.07, 6.45) is 0.533. The number of nitrogens with two attached hydrogens (primary N) is 1. The monoisotopic (exact) mass is 289 g/mol. The van der Waals surface area contributed by atoms with Gasteiger partial charge in [-0.2, -0.15) is 0 Å². The fourth-order valence-electron chi connectivity index (χ4n) is 1.97. The van der Waals surface area contributed by atoms with E-state index in [9.17, 15) is 9.18 Å². The number of hydrogen-bond acceptors (Lipinski definition) is 3. The van der Waals surface area contributed by atoms with Crippen molar-refractivity contribution in [1.82, 2.24) is 0 Å². The van der Waals surface area contributed by atoms with Gasteiger partial charge in [-0.05, 0) is 42.3 Å². The summed E-state index contributed by atoms with van der Waals surface area (Å²) >= 11 is 0. The van der Waals surface area contributed by atoms with Crippen LogP contribution in [0.3, 0.4) is 0 Å². The fraction of sp³-hybridized carbons (Fsp3) is 0.188. The third-order valence-corrected chi connectivity index (χ3v) is 3.05. The molecule has 3 N–H and O–H groups in total. The minimum absolute atomic E-state index is 0.165. The van der Waals surface area contributed by atoms with Crippen LogP contribution in [0.25, 0.3) is 0 Å². The number of carboxylic acid groups (broad SMARTS) is 1. The van der Waals surface area contributed by atoms with E-state index in [1.807, 2.05) is 0 Å². The van der Waals surface area contributed by atoms with Crippen LogP contribution in [0.2, 0.25) is 0 Å². The Balaban J connectivity index is 2.10. The Labute approximate surface area is 122 Å². The van der Waals surface area contributed by atoms with Crippen molar-refractivity contribution in [2.24, 2.45) is 5.73 Å². The molecule has 4 nitrogen and oxygen atoms in total. The van der Waals surface area contributed by atoms with Crippen LogP contribution in [0.5, 0.6) is 5.75 Å².